The molecule has 0 aromatic heterocycles. The van der Waals surface area contributed by atoms with Crippen LogP contribution >= 0.6 is 0 Å². The lowest BCUT2D eigenvalue weighted by Crippen LogP contribution is -2.18. The van der Waals surface area contributed by atoms with Crippen LogP contribution in [0.3, 0.4) is 0 Å². The maximum absolute atomic E-state index is 5.94. The molecule has 2 atom stereocenters. The Morgan fingerprint density at radius 2 is 1.91 bits per heavy atom. The summed E-state index contributed by atoms with van der Waals surface area (Å²) in [6.07, 6.45) is 1.14. The van der Waals surface area contributed by atoms with Crippen LogP contribution in [0.4, 0.5) is 0 Å². The SMILES string of the molecule is C[C@@]1(N)C[C@@H]1c1ccccc1. The first-order chi connectivity index (χ1) is 5.20. The number of hydrogen-bond donors (Lipinski definition) is 1. The van der Waals surface area contributed by atoms with Crippen molar-refractivity contribution >= 4 is 0 Å². The van der Waals surface area contributed by atoms with Crippen molar-refractivity contribution in [3.05, 3.63) is 35.9 Å². The first-order valence-corrected chi connectivity index (χ1v) is 4.04. The van der Waals surface area contributed by atoms with Crippen LogP contribution in [0.15, 0.2) is 30.3 Å². The predicted molar refractivity (Wildman–Crippen MR) is 46.4 cm³/mol. The molecule has 0 unspecified atom stereocenters. The highest BCUT2D eigenvalue weighted by Crippen LogP contribution is 2.48. The van der Waals surface area contributed by atoms with E-state index >= 15 is 0 Å². The molecule has 1 fully saturated rings. The Balaban J connectivity index is 2.21. The zero-order valence-electron chi connectivity index (χ0n) is 6.75. The molecule has 0 spiro atoms. The summed E-state index contributed by atoms with van der Waals surface area (Å²) >= 11 is 0. The molecule has 0 radical (unpaired) electrons. The summed E-state index contributed by atoms with van der Waals surface area (Å²) in [5.74, 6) is 0.601. The van der Waals surface area contributed by atoms with E-state index in [1.807, 2.05) is 6.07 Å². The van der Waals surface area contributed by atoms with Crippen LogP contribution in [0.2, 0.25) is 0 Å². The van der Waals surface area contributed by atoms with Crippen molar-refractivity contribution in [1.82, 2.24) is 0 Å². The quantitative estimate of drug-likeness (QED) is 0.645. The summed E-state index contributed by atoms with van der Waals surface area (Å²) in [7, 11) is 0. The molecular formula is C10H13N. The fraction of sp³-hybridized carbons (Fsp3) is 0.400. The van der Waals surface area contributed by atoms with Gasteiger partial charge in [0.2, 0.25) is 0 Å². The van der Waals surface area contributed by atoms with Crippen LogP contribution < -0.4 is 5.73 Å². The van der Waals surface area contributed by atoms with E-state index in [1.54, 1.807) is 0 Å². The van der Waals surface area contributed by atoms with E-state index in [2.05, 4.69) is 31.2 Å². The Bertz CT molecular complexity index is 251. The summed E-state index contributed by atoms with van der Waals surface area (Å²) in [6, 6.07) is 10.5. The highest BCUT2D eigenvalue weighted by molar-refractivity contribution is 5.31. The second-order valence-corrected chi connectivity index (χ2v) is 3.67. The van der Waals surface area contributed by atoms with Gasteiger partial charge in [-0.3, -0.25) is 0 Å². The van der Waals surface area contributed by atoms with Crippen LogP contribution in [-0.4, -0.2) is 5.54 Å². The lowest BCUT2D eigenvalue weighted by Gasteiger charge is -2.02. The Morgan fingerprint density at radius 1 is 1.36 bits per heavy atom. The number of benzene rings is 1. The maximum Gasteiger partial charge on any atom is 0.0202 e. The number of rotatable bonds is 1. The van der Waals surface area contributed by atoms with Crippen molar-refractivity contribution < 1.29 is 0 Å². The van der Waals surface area contributed by atoms with E-state index in [0.29, 0.717) is 5.92 Å². The molecule has 0 bridgehead atoms. The maximum atomic E-state index is 5.94. The second-order valence-electron chi connectivity index (χ2n) is 3.67. The van der Waals surface area contributed by atoms with Crippen molar-refractivity contribution in [1.29, 1.82) is 0 Å². The van der Waals surface area contributed by atoms with Crippen molar-refractivity contribution in [3.63, 3.8) is 0 Å². The van der Waals surface area contributed by atoms with Gasteiger partial charge >= 0.3 is 0 Å². The average molecular weight is 147 g/mol. The Labute approximate surface area is 67.2 Å². The molecule has 1 nitrogen and oxygen atoms in total. The van der Waals surface area contributed by atoms with Crippen molar-refractivity contribution in [2.45, 2.75) is 24.8 Å². The smallest absolute Gasteiger partial charge is 0.0202 e. The largest absolute Gasteiger partial charge is 0.325 e. The molecule has 1 aromatic rings. The van der Waals surface area contributed by atoms with Crippen molar-refractivity contribution in [3.8, 4) is 0 Å². The zero-order chi connectivity index (χ0) is 7.90. The van der Waals surface area contributed by atoms with E-state index in [9.17, 15) is 0 Å². The minimum absolute atomic E-state index is 0.0708. The van der Waals surface area contributed by atoms with Gasteiger partial charge in [-0.25, -0.2) is 0 Å². The first-order valence-electron chi connectivity index (χ1n) is 4.04. The number of nitrogens with two attached hydrogens (primary N) is 1. The third kappa shape index (κ3) is 1.16. The molecule has 11 heavy (non-hydrogen) atoms. The van der Waals surface area contributed by atoms with Gasteiger partial charge < -0.3 is 5.73 Å². The fourth-order valence-electron chi connectivity index (χ4n) is 1.56. The van der Waals surface area contributed by atoms with E-state index in [-0.39, 0.29) is 5.54 Å². The van der Waals surface area contributed by atoms with Crippen LogP contribution in [0.1, 0.15) is 24.8 Å². The normalized spacial score (nSPS) is 35.3. The van der Waals surface area contributed by atoms with Gasteiger partial charge in [0.1, 0.15) is 0 Å². The Kier molecular flexibility index (Phi) is 1.30. The van der Waals surface area contributed by atoms with Gasteiger partial charge in [-0.15, -0.1) is 0 Å². The molecule has 0 saturated heterocycles. The molecule has 1 saturated carbocycles. The predicted octanol–water partition coefficient (Wildman–Crippen LogP) is 1.89. The topological polar surface area (TPSA) is 26.0 Å². The van der Waals surface area contributed by atoms with Crippen molar-refractivity contribution in [2.75, 3.05) is 0 Å². The first kappa shape index (κ1) is 6.86. The van der Waals surface area contributed by atoms with Gasteiger partial charge in [0, 0.05) is 11.5 Å². The zero-order valence-corrected chi connectivity index (χ0v) is 6.75. The van der Waals surface area contributed by atoms with Crippen LogP contribution in [0.25, 0.3) is 0 Å². The molecule has 0 aliphatic heterocycles. The molecule has 0 heterocycles. The lowest BCUT2D eigenvalue weighted by atomic mass is 10.1. The summed E-state index contributed by atoms with van der Waals surface area (Å²) in [5.41, 5.74) is 7.40. The molecule has 2 N–H and O–H groups in total. The molecule has 2 rings (SSSR count). The average Bonchev–Trinajstić information content (AvgIpc) is 2.62. The third-order valence-corrected chi connectivity index (χ3v) is 2.48. The highest BCUT2D eigenvalue weighted by atomic mass is 14.8. The fourth-order valence-corrected chi connectivity index (χ4v) is 1.56. The second kappa shape index (κ2) is 2.08. The molecule has 1 aliphatic carbocycles. The summed E-state index contributed by atoms with van der Waals surface area (Å²) in [4.78, 5) is 0. The van der Waals surface area contributed by atoms with Gasteiger partial charge in [-0.2, -0.15) is 0 Å². The van der Waals surface area contributed by atoms with Gasteiger partial charge in [0.25, 0.3) is 0 Å². The van der Waals surface area contributed by atoms with E-state index in [4.69, 9.17) is 5.73 Å². The molecular weight excluding hydrogens is 134 g/mol. The minimum Gasteiger partial charge on any atom is -0.325 e. The van der Waals surface area contributed by atoms with Crippen molar-refractivity contribution in [2.24, 2.45) is 5.73 Å². The van der Waals surface area contributed by atoms with Gasteiger partial charge in [0.15, 0.2) is 0 Å². The summed E-state index contributed by atoms with van der Waals surface area (Å²) < 4.78 is 0. The van der Waals surface area contributed by atoms with Crippen LogP contribution in [-0.2, 0) is 0 Å². The van der Waals surface area contributed by atoms with Gasteiger partial charge in [0.05, 0.1) is 0 Å². The third-order valence-electron chi connectivity index (χ3n) is 2.48. The Morgan fingerprint density at radius 3 is 2.36 bits per heavy atom. The number of hydrogen-bond acceptors (Lipinski definition) is 1. The van der Waals surface area contributed by atoms with E-state index in [0.717, 1.165) is 6.42 Å². The van der Waals surface area contributed by atoms with Gasteiger partial charge in [-0.1, -0.05) is 30.3 Å². The molecule has 58 valence electrons. The van der Waals surface area contributed by atoms with Gasteiger partial charge in [-0.05, 0) is 18.9 Å². The molecule has 0 amide bonds. The molecule has 1 aromatic carbocycles. The summed E-state index contributed by atoms with van der Waals surface area (Å²) in [5, 5.41) is 0. The molecule has 1 heteroatoms. The Hall–Kier alpha value is -0.820. The summed E-state index contributed by atoms with van der Waals surface area (Å²) in [6.45, 7) is 2.12. The standard InChI is InChI=1S/C10H13N/c1-10(11)7-9(10)8-5-3-2-4-6-8/h2-6,9H,7,11H2,1H3/t9-,10-/m1/s1. The molecule has 1 aliphatic rings. The van der Waals surface area contributed by atoms with E-state index < -0.39 is 0 Å². The highest BCUT2D eigenvalue weighted by Gasteiger charge is 2.47. The minimum atomic E-state index is 0.0708. The van der Waals surface area contributed by atoms with E-state index in [1.165, 1.54) is 5.56 Å². The van der Waals surface area contributed by atoms with Crippen LogP contribution in [0, 0.1) is 0 Å². The van der Waals surface area contributed by atoms with Crippen LogP contribution in [0.5, 0.6) is 0 Å². The monoisotopic (exact) mass is 147 g/mol. The lowest BCUT2D eigenvalue weighted by molar-refractivity contribution is 0.728.